The van der Waals surface area contributed by atoms with Crippen molar-refractivity contribution in [3.8, 4) is 67.4 Å². The summed E-state index contributed by atoms with van der Waals surface area (Å²) in [5.41, 5.74) is 11.1. The van der Waals surface area contributed by atoms with Crippen molar-refractivity contribution in [3.63, 3.8) is 0 Å². The first-order valence-electron chi connectivity index (χ1n) is 31.0. The Balaban J connectivity index is 0.00000743. The molecule has 0 N–H and O–H groups in total. The van der Waals surface area contributed by atoms with Crippen molar-refractivity contribution >= 4 is 62.5 Å². The Hall–Kier alpha value is -9.29. The first-order chi connectivity index (χ1) is 43.0. The molecule has 4 heterocycles. The molecular formula is C72H51BN4O2Pt-2. The molecular weight excluding hydrogens is 1160 g/mol. The molecule has 14 rings (SSSR count). The van der Waals surface area contributed by atoms with Crippen LogP contribution < -0.4 is 30.6 Å². The van der Waals surface area contributed by atoms with Crippen molar-refractivity contribution in [3.05, 3.63) is 279 Å². The molecule has 0 spiro atoms. The SMILES string of the molecule is [2H]c1c([2H])c([2H])c(-c2cccc(-c3c([2H])c([2H])c([2H])c([2H])c3[2H])c2-[n+]2[c-]n(-c3[c-]c(Oc4[c-]c5c(cc4)B(c4c(-c6ccccc6)cccc4-c4ccccc4)c4c(oc6ccccc46)N5c4cc(C(C)(C)C)ccn4)ccc3)c3ccccc32)c([2H])c1[2H].[Pt]. The average Bonchev–Trinajstić information content (AvgIpc) is 1.39. The fourth-order valence-electron chi connectivity index (χ4n) is 11.0. The molecule has 0 amide bonds. The van der Waals surface area contributed by atoms with Gasteiger partial charge < -0.3 is 13.7 Å². The van der Waals surface area contributed by atoms with E-state index in [9.17, 15) is 0 Å². The molecule has 0 saturated heterocycles. The van der Waals surface area contributed by atoms with Gasteiger partial charge >= 0.3 is 0 Å². The minimum atomic E-state index is -0.583. The molecule has 1 aliphatic rings. The summed E-state index contributed by atoms with van der Waals surface area (Å²) >= 11 is 0. The Labute approximate surface area is 495 Å². The van der Waals surface area contributed by atoms with Gasteiger partial charge in [0, 0.05) is 44.1 Å². The number of ether oxygens (including phenoxy) is 1. The van der Waals surface area contributed by atoms with Crippen molar-refractivity contribution in [2.45, 2.75) is 26.2 Å². The van der Waals surface area contributed by atoms with E-state index >= 15 is 0 Å². The topological polar surface area (TPSA) is 47.3 Å². The van der Waals surface area contributed by atoms with Crippen LogP contribution >= 0.6 is 0 Å². The summed E-state index contributed by atoms with van der Waals surface area (Å²) in [4.78, 5) is 7.12. The number of para-hydroxylation sites is 4. The molecule has 0 bridgehead atoms. The molecule has 0 aliphatic carbocycles. The second-order valence-corrected chi connectivity index (χ2v) is 20.3. The minimum Gasteiger partial charge on any atom is -0.510 e. The number of benzene rings is 10. The summed E-state index contributed by atoms with van der Waals surface area (Å²) < 4.78 is 106. The first-order valence-corrected chi connectivity index (χ1v) is 26.0. The Bertz CT molecular complexity index is 4830. The van der Waals surface area contributed by atoms with E-state index in [0.717, 1.165) is 49.6 Å². The minimum absolute atomic E-state index is 0. The molecule has 386 valence electrons. The van der Waals surface area contributed by atoms with Gasteiger partial charge in [0.25, 0.3) is 6.33 Å². The molecule has 0 radical (unpaired) electrons. The third-order valence-corrected chi connectivity index (χ3v) is 14.6. The Morgan fingerprint density at radius 2 is 1.18 bits per heavy atom. The number of imidazole rings is 1. The summed E-state index contributed by atoms with van der Waals surface area (Å²) in [7, 11) is 0. The molecule has 3 aromatic heterocycles. The van der Waals surface area contributed by atoms with Gasteiger partial charge in [0.15, 0.2) is 12.6 Å². The number of furan rings is 1. The number of anilines is 3. The van der Waals surface area contributed by atoms with E-state index in [0.29, 0.717) is 51.2 Å². The number of hydrogen-bond acceptors (Lipinski definition) is 4. The first kappa shape index (κ1) is 40.0. The maximum Gasteiger partial charge on any atom is 0.268 e. The zero-order valence-corrected chi connectivity index (χ0v) is 45.7. The second kappa shape index (κ2) is 20.8. The van der Waals surface area contributed by atoms with Crippen LogP contribution in [0.1, 0.15) is 40.0 Å². The predicted molar refractivity (Wildman–Crippen MR) is 322 cm³/mol. The van der Waals surface area contributed by atoms with Gasteiger partial charge in [-0.15, -0.1) is 29.7 Å². The van der Waals surface area contributed by atoms with E-state index in [1.165, 1.54) is 0 Å². The Kier molecular flexibility index (Phi) is 10.4. The van der Waals surface area contributed by atoms with Crippen LogP contribution in [0.4, 0.5) is 17.4 Å². The number of pyridine rings is 1. The fourth-order valence-corrected chi connectivity index (χ4v) is 11.0. The summed E-state index contributed by atoms with van der Waals surface area (Å²) in [6, 6.07) is 63.0. The third-order valence-electron chi connectivity index (χ3n) is 14.6. The smallest absolute Gasteiger partial charge is 0.268 e. The number of aromatic nitrogens is 3. The van der Waals surface area contributed by atoms with Crippen LogP contribution in [0.25, 0.3) is 77.9 Å². The summed E-state index contributed by atoms with van der Waals surface area (Å²) in [5, 5.41) is 0.960. The van der Waals surface area contributed by atoms with Crippen molar-refractivity contribution in [2.24, 2.45) is 0 Å². The standard InChI is InChI=1S/C72H51BN4O2.Pt/c1-72(2,3)53-43-44-74-67(45-53)77-65-47-56(41-42-62(65)73(69-61-33-16-19-40-66(61)79-71(69)77)68-57(49-23-8-4-9-24-49)34-21-35-58(68)50-25-10-5-11-26-50)78-55-32-20-31-54(46-55)75-48-76(64-39-18-17-38-63(64)75)70-59(51-27-12-6-13-28-51)36-22-37-60(70)52-29-14-7-15-30-52;/h4-45H,1-3H3;/q-2;/i6D,7D,12D,13D,14D,15D,27D,28D,29D,30D;. The van der Waals surface area contributed by atoms with Gasteiger partial charge in [-0.25, -0.2) is 4.98 Å². The van der Waals surface area contributed by atoms with E-state index in [-0.39, 0.29) is 54.4 Å². The summed E-state index contributed by atoms with van der Waals surface area (Å²) in [6.45, 7) is 6.11. The predicted octanol–water partition coefficient (Wildman–Crippen LogP) is 15.5. The van der Waals surface area contributed by atoms with Gasteiger partial charge in [0.1, 0.15) is 11.4 Å². The molecule has 13 aromatic rings. The normalized spacial score (nSPS) is 13.8. The van der Waals surface area contributed by atoms with E-state index in [1.807, 2.05) is 85.1 Å². The molecule has 0 fully saturated rings. The zero-order chi connectivity index (χ0) is 61.7. The quantitative estimate of drug-likeness (QED) is 0.0778. The monoisotopic (exact) mass is 1220 g/mol. The second-order valence-electron chi connectivity index (χ2n) is 20.3. The van der Waals surface area contributed by atoms with Crippen LogP contribution in [-0.4, -0.2) is 16.3 Å². The van der Waals surface area contributed by atoms with Gasteiger partial charge in [0.2, 0.25) is 0 Å². The molecule has 80 heavy (non-hydrogen) atoms. The molecule has 0 atom stereocenters. The van der Waals surface area contributed by atoms with Crippen LogP contribution in [0.2, 0.25) is 0 Å². The molecule has 1 aliphatic heterocycles. The van der Waals surface area contributed by atoms with E-state index in [2.05, 4.69) is 129 Å². The number of hydrogen-bond donors (Lipinski definition) is 0. The van der Waals surface area contributed by atoms with Gasteiger partial charge in [-0.05, 0) is 84.8 Å². The summed E-state index contributed by atoms with van der Waals surface area (Å²) in [6.07, 6.45) is 5.29. The molecule has 0 saturated carbocycles. The van der Waals surface area contributed by atoms with Crippen LogP contribution in [0.15, 0.2) is 259 Å². The van der Waals surface area contributed by atoms with Gasteiger partial charge in [-0.3, -0.25) is 9.47 Å². The maximum absolute atomic E-state index is 9.14. The van der Waals surface area contributed by atoms with Gasteiger partial charge in [0.05, 0.1) is 30.4 Å². The number of fused-ring (bicyclic) bond motifs is 5. The van der Waals surface area contributed by atoms with Crippen LogP contribution in [0.3, 0.4) is 0 Å². The summed E-state index contributed by atoms with van der Waals surface area (Å²) in [5.74, 6) is 1.90. The van der Waals surface area contributed by atoms with Crippen LogP contribution in [0.5, 0.6) is 11.5 Å². The van der Waals surface area contributed by atoms with E-state index in [4.69, 9.17) is 27.8 Å². The largest absolute Gasteiger partial charge is 0.510 e. The number of rotatable bonds is 10. The van der Waals surface area contributed by atoms with Crippen molar-refractivity contribution in [1.29, 1.82) is 0 Å². The van der Waals surface area contributed by atoms with Gasteiger partial charge in [-0.1, -0.05) is 232 Å². The van der Waals surface area contributed by atoms with Crippen LogP contribution in [0, 0.1) is 18.5 Å². The van der Waals surface area contributed by atoms with Crippen molar-refractivity contribution < 1.29 is 48.5 Å². The zero-order valence-electron chi connectivity index (χ0n) is 53.5. The van der Waals surface area contributed by atoms with Crippen molar-refractivity contribution in [1.82, 2.24) is 9.55 Å². The van der Waals surface area contributed by atoms with Crippen LogP contribution in [-0.2, 0) is 26.5 Å². The molecule has 10 aromatic carbocycles. The van der Waals surface area contributed by atoms with E-state index in [1.54, 1.807) is 33.4 Å². The third kappa shape index (κ3) is 8.94. The molecule has 0 unspecified atom stereocenters. The number of nitrogens with zero attached hydrogens (tertiary/aromatic N) is 4. The fraction of sp³-hybridized carbons (Fsp3) is 0.0556. The molecule has 6 nitrogen and oxygen atoms in total. The van der Waals surface area contributed by atoms with Crippen molar-refractivity contribution in [2.75, 3.05) is 4.90 Å². The maximum atomic E-state index is 9.14. The van der Waals surface area contributed by atoms with Gasteiger partial charge in [-0.2, -0.15) is 18.2 Å². The Morgan fingerprint density at radius 1 is 0.575 bits per heavy atom. The average molecular weight is 1220 g/mol. The molecule has 8 heteroatoms. The Morgan fingerprint density at radius 3 is 1.85 bits per heavy atom. The van der Waals surface area contributed by atoms with E-state index < -0.39 is 67.1 Å².